The third-order valence-electron chi connectivity index (χ3n) is 3.26. The van der Waals surface area contributed by atoms with Crippen LogP contribution in [-0.4, -0.2) is 10.8 Å². The maximum absolute atomic E-state index is 12.3. The Labute approximate surface area is 132 Å². The molecule has 3 rings (SSSR count). The Morgan fingerprint density at radius 1 is 1.18 bits per heavy atom. The Bertz CT molecular complexity index is 812. The number of aromatic nitrogens is 1. The number of carbonyl (C=O) groups excluding carboxylic acids is 1. The summed E-state index contributed by atoms with van der Waals surface area (Å²) in [5, 5.41) is 3.91. The zero-order valence-electron chi connectivity index (χ0n) is 12.0. The Hall–Kier alpha value is -2.66. The van der Waals surface area contributed by atoms with Crippen molar-refractivity contribution in [1.82, 2.24) is 4.98 Å². The first-order valence-corrected chi connectivity index (χ1v) is 7.64. The maximum atomic E-state index is 12.3. The molecule has 0 bridgehead atoms. The summed E-state index contributed by atoms with van der Waals surface area (Å²) in [6, 6.07) is 14.8. The zero-order chi connectivity index (χ0) is 15.5. The Morgan fingerprint density at radius 3 is 2.68 bits per heavy atom. The fourth-order valence-electron chi connectivity index (χ4n) is 2.11. The number of anilines is 3. The van der Waals surface area contributed by atoms with Gasteiger partial charge in [0.1, 0.15) is 0 Å². The van der Waals surface area contributed by atoms with Crippen LogP contribution in [0.25, 0.3) is 0 Å². The predicted octanol–water partition coefficient (Wildman–Crippen LogP) is 4.01. The van der Waals surface area contributed by atoms with Crippen molar-refractivity contribution in [1.29, 1.82) is 0 Å². The van der Waals surface area contributed by atoms with Crippen LogP contribution in [0.5, 0.6) is 0 Å². The van der Waals surface area contributed by atoms with Gasteiger partial charge in [0.15, 0.2) is 5.13 Å². The minimum Gasteiger partial charge on any atom is -0.399 e. The minimum atomic E-state index is -0.0137. The molecule has 0 unspecified atom stereocenters. The number of ketones is 1. The number of thiazole rings is 1. The number of hydrogen-bond acceptors (Lipinski definition) is 5. The first kappa shape index (κ1) is 14.3. The van der Waals surface area contributed by atoms with Crippen LogP contribution in [0.2, 0.25) is 0 Å². The van der Waals surface area contributed by atoms with E-state index in [9.17, 15) is 4.79 Å². The molecule has 5 heteroatoms. The first-order valence-electron chi connectivity index (χ1n) is 6.82. The minimum absolute atomic E-state index is 0.0137. The summed E-state index contributed by atoms with van der Waals surface area (Å²) in [5.41, 5.74) is 9.10. The number of nitrogen functional groups attached to an aromatic ring is 1. The normalized spacial score (nSPS) is 10.4. The predicted molar refractivity (Wildman–Crippen MR) is 90.9 cm³/mol. The highest BCUT2D eigenvalue weighted by Gasteiger charge is 2.13. The second-order valence-electron chi connectivity index (χ2n) is 4.92. The van der Waals surface area contributed by atoms with Crippen molar-refractivity contribution < 1.29 is 4.79 Å². The van der Waals surface area contributed by atoms with Crippen LogP contribution in [0, 0.1) is 6.92 Å². The quantitative estimate of drug-likeness (QED) is 0.564. The topological polar surface area (TPSA) is 68.0 Å². The molecule has 0 aliphatic carbocycles. The zero-order valence-corrected chi connectivity index (χ0v) is 12.9. The van der Waals surface area contributed by atoms with Gasteiger partial charge in [-0.1, -0.05) is 41.7 Å². The third kappa shape index (κ3) is 2.99. The number of carbonyl (C=O) groups is 1. The van der Waals surface area contributed by atoms with E-state index < -0.39 is 0 Å². The summed E-state index contributed by atoms with van der Waals surface area (Å²) in [7, 11) is 0. The number of aryl methyl sites for hydroxylation is 1. The van der Waals surface area contributed by atoms with E-state index in [-0.39, 0.29) is 5.78 Å². The maximum Gasteiger partial charge on any atom is 0.204 e. The van der Waals surface area contributed by atoms with E-state index in [1.807, 2.05) is 43.3 Å². The molecule has 0 aliphatic rings. The molecule has 22 heavy (non-hydrogen) atoms. The van der Waals surface area contributed by atoms with Crippen molar-refractivity contribution in [3.05, 3.63) is 70.7 Å². The average molecular weight is 309 g/mol. The van der Waals surface area contributed by atoms with E-state index in [1.165, 1.54) is 11.3 Å². The highest BCUT2D eigenvalue weighted by Crippen LogP contribution is 2.27. The van der Waals surface area contributed by atoms with Gasteiger partial charge in [-0.2, -0.15) is 0 Å². The third-order valence-corrected chi connectivity index (χ3v) is 4.17. The monoisotopic (exact) mass is 309 g/mol. The Morgan fingerprint density at radius 2 is 1.95 bits per heavy atom. The number of rotatable bonds is 4. The van der Waals surface area contributed by atoms with Crippen LogP contribution >= 0.6 is 11.3 Å². The molecular weight excluding hydrogens is 294 g/mol. The molecule has 0 atom stereocenters. The largest absolute Gasteiger partial charge is 0.399 e. The second-order valence-corrected chi connectivity index (χ2v) is 5.95. The lowest BCUT2D eigenvalue weighted by Crippen LogP contribution is -1.97. The number of nitrogens with two attached hydrogens (primary N) is 1. The van der Waals surface area contributed by atoms with Crippen LogP contribution in [-0.2, 0) is 0 Å². The van der Waals surface area contributed by atoms with Crippen LogP contribution < -0.4 is 11.1 Å². The molecule has 0 saturated carbocycles. The van der Waals surface area contributed by atoms with Crippen molar-refractivity contribution in [3.8, 4) is 0 Å². The van der Waals surface area contributed by atoms with Gasteiger partial charge in [0.05, 0.1) is 11.1 Å². The number of hydrogen-bond donors (Lipinski definition) is 2. The van der Waals surface area contributed by atoms with Gasteiger partial charge >= 0.3 is 0 Å². The SMILES string of the molecule is Cc1cc(N)ccc1Nc1ncc(C(=O)c2ccccc2)s1. The number of nitrogens with zero attached hydrogens (tertiary/aromatic N) is 1. The lowest BCUT2D eigenvalue weighted by atomic mass is 10.1. The van der Waals surface area contributed by atoms with Crippen LogP contribution in [0.15, 0.2) is 54.7 Å². The molecule has 1 aromatic heterocycles. The van der Waals surface area contributed by atoms with E-state index in [1.54, 1.807) is 18.3 Å². The summed E-state index contributed by atoms with van der Waals surface area (Å²) in [6.45, 7) is 1.97. The second kappa shape index (κ2) is 5.99. The van der Waals surface area contributed by atoms with Gasteiger partial charge < -0.3 is 11.1 Å². The molecular formula is C17H15N3OS. The summed E-state index contributed by atoms with van der Waals surface area (Å²) >= 11 is 1.34. The van der Waals surface area contributed by atoms with Crippen molar-refractivity contribution in [2.45, 2.75) is 6.92 Å². The van der Waals surface area contributed by atoms with Crippen molar-refractivity contribution >= 4 is 33.6 Å². The van der Waals surface area contributed by atoms with Gasteiger partial charge in [-0.15, -0.1) is 0 Å². The fourth-order valence-corrected chi connectivity index (χ4v) is 2.90. The summed E-state index contributed by atoms with van der Waals surface area (Å²) in [5.74, 6) is -0.0137. The molecule has 110 valence electrons. The van der Waals surface area contributed by atoms with E-state index in [0.29, 0.717) is 15.6 Å². The molecule has 2 aromatic carbocycles. The van der Waals surface area contributed by atoms with Gasteiger partial charge in [-0.05, 0) is 30.7 Å². The summed E-state index contributed by atoms with van der Waals surface area (Å²) < 4.78 is 0. The molecule has 0 saturated heterocycles. The highest BCUT2D eigenvalue weighted by atomic mass is 32.1. The fraction of sp³-hybridized carbons (Fsp3) is 0.0588. The van der Waals surface area contributed by atoms with Crippen molar-refractivity contribution in [2.24, 2.45) is 0 Å². The Balaban J connectivity index is 1.81. The smallest absolute Gasteiger partial charge is 0.204 e. The molecule has 0 fully saturated rings. The summed E-state index contributed by atoms with van der Waals surface area (Å²) in [4.78, 5) is 17.2. The Kier molecular flexibility index (Phi) is 3.89. The van der Waals surface area contributed by atoms with E-state index in [4.69, 9.17) is 5.73 Å². The standard InChI is InChI=1S/C17H15N3OS/c1-11-9-13(18)7-8-14(11)20-17-19-10-15(22-17)16(21)12-5-3-2-4-6-12/h2-10H,18H2,1H3,(H,19,20). The van der Waals surface area contributed by atoms with Crippen molar-refractivity contribution in [2.75, 3.05) is 11.1 Å². The lowest BCUT2D eigenvalue weighted by Gasteiger charge is -2.07. The first-order chi connectivity index (χ1) is 10.6. The van der Waals surface area contributed by atoms with Crippen molar-refractivity contribution in [3.63, 3.8) is 0 Å². The van der Waals surface area contributed by atoms with Gasteiger partial charge in [0, 0.05) is 16.9 Å². The molecule has 3 aromatic rings. The van der Waals surface area contributed by atoms with Gasteiger partial charge in [0.2, 0.25) is 5.78 Å². The van der Waals surface area contributed by atoms with Crippen LogP contribution in [0.1, 0.15) is 20.8 Å². The molecule has 0 radical (unpaired) electrons. The molecule has 0 aliphatic heterocycles. The van der Waals surface area contributed by atoms with Gasteiger partial charge in [-0.25, -0.2) is 4.98 Å². The molecule has 1 heterocycles. The molecule has 3 N–H and O–H groups in total. The molecule has 0 spiro atoms. The number of benzene rings is 2. The van der Waals surface area contributed by atoms with E-state index in [2.05, 4.69) is 10.3 Å². The summed E-state index contributed by atoms with van der Waals surface area (Å²) in [6.07, 6.45) is 1.61. The average Bonchev–Trinajstić information content (AvgIpc) is 2.99. The van der Waals surface area contributed by atoms with E-state index >= 15 is 0 Å². The number of nitrogens with one attached hydrogen (secondary N) is 1. The van der Waals surface area contributed by atoms with Crippen LogP contribution in [0.3, 0.4) is 0 Å². The van der Waals surface area contributed by atoms with Crippen LogP contribution in [0.4, 0.5) is 16.5 Å². The van der Waals surface area contributed by atoms with E-state index in [0.717, 1.165) is 16.9 Å². The molecule has 0 amide bonds. The lowest BCUT2D eigenvalue weighted by molar-refractivity contribution is 0.104. The molecule has 4 nitrogen and oxygen atoms in total. The van der Waals surface area contributed by atoms with Gasteiger partial charge in [0.25, 0.3) is 0 Å². The van der Waals surface area contributed by atoms with Gasteiger partial charge in [-0.3, -0.25) is 4.79 Å². The highest BCUT2D eigenvalue weighted by molar-refractivity contribution is 7.17.